The van der Waals surface area contributed by atoms with E-state index >= 15 is 0 Å². The molecule has 1 aromatic carbocycles. The summed E-state index contributed by atoms with van der Waals surface area (Å²) in [7, 11) is 0. The van der Waals surface area contributed by atoms with Crippen LogP contribution in [-0.2, 0) is 0 Å². The van der Waals surface area contributed by atoms with Crippen molar-refractivity contribution in [1.82, 2.24) is 15.6 Å². The van der Waals surface area contributed by atoms with Gasteiger partial charge in [0.1, 0.15) is 16.5 Å². The number of benzene rings is 1. The summed E-state index contributed by atoms with van der Waals surface area (Å²) in [6.07, 6.45) is 6.54. The van der Waals surface area contributed by atoms with Crippen LogP contribution >= 0.6 is 11.6 Å². The Bertz CT molecular complexity index is 750. The minimum atomic E-state index is -0.0390. The summed E-state index contributed by atoms with van der Waals surface area (Å²) in [5, 5.41) is 7.10. The molecule has 4 rings (SSSR count). The van der Waals surface area contributed by atoms with Crippen molar-refractivity contribution in [2.75, 3.05) is 0 Å². The minimum absolute atomic E-state index is 0.0390. The van der Waals surface area contributed by atoms with Crippen molar-refractivity contribution in [1.29, 1.82) is 0 Å². The van der Waals surface area contributed by atoms with Crippen molar-refractivity contribution in [3.05, 3.63) is 53.3 Å². The standard InChI is InChI=1S/C18H18ClN3O2/c19-14-10-20-8-7-17(14)24-13-4-1-11(2-5-13)18(23)22-16-9-12-3-6-15(16)21-12/h1-2,4-5,7-8,10,12,15-16,21H,3,6,9H2,(H,22,23)/t12-,15+,16-/m1/s1. The van der Waals surface area contributed by atoms with Gasteiger partial charge in [0.25, 0.3) is 5.91 Å². The lowest BCUT2D eigenvalue weighted by atomic mass is 9.95. The third-order valence-corrected chi connectivity index (χ3v) is 4.98. The van der Waals surface area contributed by atoms with Gasteiger partial charge in [0.2, 0.25) is 0 Å². The first-order valence-corrected chi connectivity index (χ1v) is 8.51. The number of nitrogens with zero attached hydrogens (tertiary/aromatic N) is 1. The van der Waals surface area contributed by atoms with E-state index in [1.165, 1.54) is 12.6 Å². The van der Waals surface area contributed by atoms with Crippen LogP contribution in [0.1, 0.15) is 29.6 Å². The number of carbonyl (C=O) groups excluding carboxylic acids is 1. The van der Waals surface area contributed by atoms with Gasteiger partial charge in [0.05, 0.1) is 0 Å². The summed E-state index contributed by atoms with van der Waals surface area (Å²) < 4.78 is 5.70. The Hall–Kier alpha value is -2.11. The molecular weight excluding hydrogens is 326 g/mol. The van der Waals surface area contributed by atoms with Gasteiger partial charge in [-0.15, -0.1) is 0 Å². The van der Waals surface area contributed by atoms with E-state index in [0.717, 1.165) is 12.8 Å². The van der Waals surface area contributed by atoms with Crippen molar-refractivity contribution in [3.63, 3.8) is 0 Å². The van der Waals surface area contributed by atoms with Crippen molar-refractivity contribution in [2.24, 2.45) is 0 Å². The predicted molar refractivity (Wildman–Crippen MR) is 91.6 cm³/mol. The normalized spacial score (nSPS) is 24.8. The smallest absolute Gasteiger partial charge is 0.251 e. The second kappa shape index (κ2) is 6.42. The van der Waals surface area contributed by atoms with E-state index in [1.807, 2.05) is 0 Å². The van der Waals surface area contributed by atoms with Crippen LogP contribution in [0.2, 0.25) is 5.02 Å². The zero-order valence-electron chi connectivity index (χ0n) is 13.0. The Morgan fingerprint density at radius 3 is 2.75 bits per heavy atom. The van der Waals surface area contributed by atoms with Gasteiger partial charge in [-0.2, -0.15) is 0 Å². The number of ether oxygens (including phenoxy) is 1. The number of aromatic nitrogens is 1. The van der Waals surface area contributed by atoms with Crippen LogP contribution in [0.15, 0.2) is 42.7 Å². The van der Waals surface area contributed by atoms with Crippen LogP contribution in [0.4, 0.5) is 0 Å². The van der Waals surface area contributed by atoms with Crippen molar-refractivity contribution < 1.29 is 9.53 Å². The van der Waals surface area contributed by atoms with Gasteiger partial charge >= 0.3 is 0 Å². The SMILES string of the molecule is O=C(N[C@@H]1C[C@H]2CC[C@@H]1N2)c1ccc(Oc2ccncc2Cl)cc1. The van der Waals surface area contributed by atoms with Gasteiger partial charge in [-0.1, -0.05) is 11.6 Å². The highest BCUT2D eigenvalue weighted by Gasteiger charge is 2.39. The molecule has 0 unspecified atom stereocenters. The molecule has 2 saturated heterocycles. The highest BCUT2D eigenvalue weighted by atomic mass is 35.5. The van der Waals surface area contributed by atoms with Crippen LogP contribution in [0, 0.1) is 0 Å². The summed E-state index contributed by atoms with van der Waals surface area (Å²) in [4.78, 5) is 16.3. The largest absolute Gasteiger partial charge is 0.456 e. The second-order valence-corrected chi connectivity index (χ2v) is 6.70. The van der Waals surface area contributed by atoms with E-state index < -0.39 is 0 Å². The van der Waals surface area contributed by atoms with Gasteiger partial charge in [0.15, 0.2) is 0 Å². The zero-order valence-corrected chi connectivity index (χ0v) is 13.8. The maximum Gasteiger partial charge on any atom is 0.251 e. The highest BCUT2D eigenvalue weighted by molar-refractivity contribution is 6.31. The molecule has 1 aromatic heterocycles. The summed E-state index contributed by atoms with van der Waals surface area (Å²) >= 11 is 6.02. The first-order valence-electron chi connectivity index (χ1n) is 8.13. The lowest BCUT2D eigenvalue weighted by Gasteiger charge is -2.21. The molecule has 124 valence electrons. The number of hydrogen-bond donors (Lipinski definition) is 2. The van der Waals surface area contributed by atoms with E-state index in [4.69, 9.17) is 16.3 Å². The Balaban J connectivity index is 1.40. The molecule has 2 fully saturated rings. The lowest BCUT2D eigenvalue weighted by Crippen LogP contribution is -2.42. The molecule has 6 heteroatoms. The maximum atomic E-state index is 12.4. The molecule has 0 radical (unpaired) electrons. The quantitative estimate of drug-likeness (QED) is 0.895. The number of amides is 1. The molecule has 0 spiro atoms. The fraction of sp³-hybridized carbons (Fsp3) is 0.333. The highest BCUT2D eigenvalue weighted by Crippen LogP contribution is 2.29. The molecule has 2 bridgehead atoms. The van der Waals surface area contributed by atoms with E-state index in [1.54, 1.807) is 36.5 Å². The van der Waals surface area contributed by atoms with E-state index in [9.17, 15) is 4.79 Å². The number of fused-ring (bicyclic) bond motifs is 2. The Kier molecular flexibility index (Phi) is 4.12. The number of nitrogens with one attached hydrogen (secondary N) is 2. The average molecular weight is 344 g/mol. The number of rotatable bonds is 4. The third-order valence-electron chi connectivity index (χ3n) is 4.70. The maximum absolute atomic E-state index is 12.4. The summed E-state index contributed by atoms with van der Waals surface area (Å²) in [6.45, 7) is 0. The van der Waals surface area contributed by atoms with Gasteiger partial charge < -0.3 is 15.4 Å². The van der Waals surface area contributed by atoms with Crippen LogP contribution in [0.5, 0.6) is 11.5 Å². The fourth-order valence-corrected chi connectivity index (χ4v) is 3.64. The molecule has 2 aliphatic heterocycles. The average Bonchev–Trinajstić information content (AvgIpc) is 3.20. The Morgan fingerprint density at radius 2 is 2.08 bits per heavy atom. The van der Waals surface area contributed by atoms with Gasteiger partial charge in [-0.3, -0.25) is 9.78 Å². The molecule has 2 N–H and O–H groups in total. The topological polar surface area (TPSA) is 63.2 Å². The Morgan fingerprint density at radius 1 is 1.25 bits per heavy atom. The van der Waals surface area contributed by atoms with Gasteiger partial charge in [0, 0.05) is 42.1 Å². The van der Waals surface area contributed by atoms with Crippen molar-refractivity contribution in [3.8, 4) is 11.5 Å². The molecule has 1 amide bonds. The van der Waals surface area contributed by atoms with Crippen LogP contribution in [0.25, 0.3) is 0 Å². The first-order chi connectivity index (χ1) is 11.7. The summed E-state index contributed by atoms with van der Waals surface area (Å²) in [5.41, 5.74) is 0.631. The molecule has 5 nitrogen and oxygen atoms in total. The zero-order chi connectivity index (χ0) is 16.5. The fourth-order valence-electron chi connectivity index (χ4n) is 3.48. The molecule has 2 aliphatic rings. The van der Waals surface area contributed by atoms with Gasteiger partial charge in [-0.25, -0.2) is 0 Å². The number of pyridine rings is 1. The molecule has 24 heavy (non-hydrogen) atoms. The van der Waals surface area contributed by atoms with E-state index in [2.05, 4.69) is 15.6 Å². The lowest BCUT2D eigenvalue weighted by molar-refractivity contribution is 0.0931. The molecular formula is C18H18ClN3O2. The molecule has 0 aliphatic carbocycles. The van der Waals surface area contributed by atoms with Crippen molar-refractivity contribution in [2.45, 2.75) is 37.4 Å². The van der Waals surface area contributed by atoms with E-state index in [-0.39, 0.29) is 11.9 Å². The second-order valence-electron chi connectivity index (χ2n) is 6.30. The summed E-state index contributed by atoms with van der Waals surface area (Å²) in [6, 6.07) is 10.0. The minimum Gasteiger partial charge on any atom is -0.456 e. The monoisotopic (exact) mass is 343 g/mol. The van der Waals surface area contributed by atoms with Crippen LogP contribution in [0.3, 0.4) is 0 Å². The van der Waals surface area contributed by atoms with Crippen LogP contribution in [-0.4, -0.2) is 29.0 Å². The molecule has 3 heterocycles. The molecule has 0 saturated carbocycles. The Labute approximate surface area is 145 Å². The predicted octanol–water partition coefficient (Wildman–Crippen LogP) is 3.15. The first kappa shape index (κ1) is 15.4. The van der Waals surface area contributed by atoms with Crippen LogP contribution < -0.4 is 15.4 Å². The number of carbonyl (C=O) groups is 1. The number of hydrogen-bond acceptors (Lipinski definition) is 4. The summed E-state index contributed by atoms with van der Waals surface area (Å²) in [5.74, 6) is 1.13. The molecule has 3 atom stereocenters. The van der Waals surface area contributed by atoms with E-state index in [0.29, 0.717) is 34.2 Å². The number of halogens is 1. The van der Waals surface area contributed by atoms with Gasteiger partial charge in [-0.05, 0) is 43.5 Å². The molecule has 2 aromatic rings. The van der Waals surface area contributed by atoms with Crippen molar-refractivity contribution >= 4 is 17.5 Å². The third kappa shape index (κ3) is 3.09.